The van der Waals surface area contributed by atoms with Crippen LogP contribution in [0.3, 0.4) is 0 Å². The quantitative estimate of drug-likeness (QED) is 0.345. The van der Waals surface area contributed by atoms with Gasteiger partial charge in [-0.3, -0.25) is 19.7 Å². The lowest BCUT2D eigenvalue weighted by atomic mass is 10.1. The van der Waals surface area contributed by atoms with Crippen molar-refractivity contribution in [2.75, 3.05) is 12.3 Å². The Hall–Kier alpha value is -2.29. The third-order valence-electron chi connectivity index (χ3n) is 4.72. The van der Waals surface area contributed by atoms with Crippen LogP contribution in [0.25, 0.3) is 0 Å². The minimum Gasteiger partial charge on any atom is -0.355 e. The van der Waals surface area contributed by atoms with E-state index in [9.17, 15) is 19.7 Å². The van der Waals surface area contributed by atoms with Gasteiger partial charge in [-0.05, 0) is 36.6 Å². The summed E-state index contributed by atoms with van der Waals surface area (Å²) in [6.07, 6.45) is 0.464. The fourth-order valence-electron chi connectivity index (χ4n) is 3.10. The summed E-state index contributed by atoms with van der Waals surface area (Å²) in [5.41, 5.74) is 1.67. The molecule has 0 saturated heterocycles. The number of thioether (sulfide) groups is 1. The number of amides is 2. The summed E-state index contributed by atoms with van der Waals surface area (Å²) in [6, 6.07) is 10.8. The number of rotatable bonds is 11. The van der Waals surface area contributed by atoms with E-state index in [2.05, 4.69) is 5.32 Å². The molecular formula is C22H25Cl2N3O4S. The lowest BCUT2D eigenvalue weighted by Crippen LogP contribution is -2.49. The van der Waals surface area contributed by atoms with Gasteiger partial charge in [0.2, 0.25) is 11.8 Å². The van der Waals surface area contributed by atoms with E-state index < -0.39 is 11.0 Å². The minimum atomic E-state index is -0.614. The normalized spacial score (nSPS) is 11.6. The summed E-state index contributed by atoms with van der Waals surface area (Å²) in [7, 11) is 0. The van der Waals surface area contributed by atoms with Crippen LogP contribution in [0, 0.1) is 10.1 Å². The number of benzene rings is 2. The highest BCUT2D eigenvalue weighted by atomic mass is 35.5. The van der Waals surface area contributed by atoms with E-state index >= 15 is 0 Å². The number of hydrogen-bond donors (Lipinski definition) is 1. The lowest BCUT2D eigenvalue weighted by molar-refractivity contribution is -0.384. The predicted molar refractivity (Wildman–Crippen MR) is 129 cm³/mol. The van der Waals surface area contributed by atoms with Gasteiger partial charge in [0.25, 0.3) is 5.69 Å². The molecule has 0 radical (unpaired) electrons. The summed E-state index contributed by atoms with van der Waals surface area (Å²) in [5.74, 6) is 0.293. The van der Waals surface area contributed by atoms with Gasteiger partial charge in [-0.1, -0.05) is 48.3 Å². The zero-order chi connectivity index (χ0) is 23.7. The molecule has 2 rings (SSSR count). The average molecular weight is 498 g/mol. The summed E-state index contributed by atoms with van der Waals surface area (Å²) < 4.78 is 0. The number of halogens is 2. The first-order chi connectivity index (χ1) is 15.3. The van der Waals surface area contributed by atoms with E-state index in [1.54, 1.807) is 35.2 Å². The van der Waals surface area contributed by atoms with E-state index in [0.29, 0.717) is 28.8 Å². The monoisotopic (exact) mass is 497 g/mol. The second-order valence-electron chi connectivity index (χ2n) is 7.01. The average Bonchev–Trinajstić information content (AvgIpc) is 2.76. The van der Waals surface area contributed by atoms with E-state index in [0.717, 1.165) is 11.1 Å². The minimum absolute atomic E-state index is 0.0235. The molecule has 2 amide bonds. The fourth-order valence-corrected chi connectivity index (χ4v) is 4.29. The molecule has 2 aromatic rings. The van der Waals surface area contributed by atoms with Gasteiger partial charge in [-0.15, -0.1) is 11.8 Å². The highest BCUT2D eigenvalue weighted by Crippen LogP contribution is 2.25. The SMILES string of the molecule is CCNC(=O)C(CC)N(Cc1ccc(Cl)c(Cl)c1)C(=O)CSCc1ccc([N+](=O)[O-])cc1. The molecule has 1 atom stereocenters. The molecule has 1 unspecified atom stereocenters. The van der Waals surface area contributed by atoms with Crippen molar-refractivity contribution >= 4 is 52.5 Å². The molecule has 0 aliphatic rings. The second-order valence-corrected chi connectivity index (χ2v) is 8.81. The van der Waals surface area contributed by atoms with Gasteiger partial charge in [-0.25, -0.2) is 0 Å². The number of nitrogens with one attached hydrogen (secondary N) is 1. The first-order valence-corrected chi connectivity index (χ1v) is 12.0. The topological polar surface area (TPSA) is 92.6 Å². The number of likely N-dealkylation sites (N-methyl/N-ethyl adjacent to an activating group) is 1. The molecule has 172 valence electrons. The molecule has 0 aliphatic carbocycles. The molecule has 0 heterocycles. The zero-order valence-electron chi connectivity index (χ0n) is 17.8. The second kappa shape index (κ2) is 12.7. The van der Waals surface area contributed by atoms with Crippen LogP contribution in [0.15, 0.2) is 42.5 Å². The Morgan fingerprint density at radius 3 is 2.31 bits per heavy atom. The number of nitro groups is 1. The number of hydrogen-bond acceptors (Lipinski definition) is 5. The van der Waals surface area contributed by atoms with Crippen molar-refractivity contribution in [3.05, 3.63) is 73.8 Å². The van der Waals surface area contributed by atoms with Gasteiger partial charge >= 0.3 is 0 Å². The Kier molecular flexibility index (Phi) is 10.3. The Balaban J connectivity index is 2.11. The highest BCUT2D eigenvalue weighted by Gasteiger charge is 2.28. The molecule has 2 aromatic carbocycles. The molecule has 0 aromatic heterocycles. The molecule has 0 spiro atoms. The van der Waals surface area contributed by atoms with Crippen LogP contribution < -0.4 is 5.32 Å². The highest BCUT2D eigenvalue weighted by molar-refractivity contribution is 7.99. The number of nitrogens with zero attached hydrogens (tertiary/aromatic N) is 2. The van der Waals surface area contributed by atoms with Crippen molar-refractivity contribution in [3.8, 4) is 0 Å². The maximum atomic E-state index is 13.1. The van der Waals surface area contributed by atoms with Crippen LogP contribution in [-0.2, 0) is 21.9 Å². The van der Waals surface area contributed by atoms with Crippen LogP contribution >= 0.6 is 35.0 Å². The first kappa shape index (κ1) is 26.0. The van der Waals surface area contributed by atoms with Crippen LogP contribution in [0.5, 0.6) is 0 Å². The molecule has 0 aliphatic heterocycles. The lowest BCUT2D eigenvalue weighted by Gasteiger charge is -2.30. The Bertz CT molecular complexity index is 957. The van der Waals surface area contributed by atoms with Crippen LogP contribution in [0.4, 0.5) is 5.69 Å². The summed E-state index contributed by atoms with van der Waals surface area (Å²) in [6.45, 7) is 4.39. The summed E-state index contributed by atoms with van der Waals surface area (Å²) in [5, 5.41) is 14.4. The fraction of sp³-hybridized carbons (Fsp3) is 0.364. The molecule has 1 N–H and O–H groups in total. The molecule has 0 saturated carbocycles. The summed E-state index contributed by atoms with van der Waals surface area (Å²) >= 11 is 13.5. The molecule has 7 nitrogen and oxygen atoms in total. The number of carbonyl (C=O) groups is 2. The third kappa shape index (κ3) is 7.39. The first-order valence-electron chi connectivity index (χ1n) is 10.1. The molecular weight excluding hydrogens is 473 g/mol. The van der Waals surface area contributed by atoms with Crippen LogP contribution in [-0.4, -0.2) is 40.0 Å². The van der Waals surface area contributed by atoms with Gasteiger partial charge in [0.05, 0.1) is 20.7 Å². The van der Waals surface area contributed by atoms with Crippen molar-refractivity contribution < 1.29 is 14.5 Å². The smallest absolute Gasteiger partial charge is 0.269 e. The molecule has 0 fully saturated rings. The number of carbonyl (C=O) groups excluding carboxylic acids is 2. The van der Waals surface area contributed by atoms with Crippen LogP contribution in [0.1, 0.15) is 31.4 Å². The van der Waals surface area contributed by atoms with Gasteiger partial charge in [0, 0.05) is 31.0 Å². The Morgan fingerprint density at radius 1 is 1.09 bits per heavy atom. The van der Waals surface area contributed by atoms with E-state index in [1.165, 1.54) is 23.9 Å². The van der Waals surface area contributed by atoms with Crippen molar-refractivity contribution in [2.45, 2.75) is 38.6 Å². The largest absolute Gasteiger partial charge is 0.355 e. The standard InChI is InChI=1S/C22H25Cl2N3O4S/c1-3-20(22(29)25-4-2)26(12-16-7-10-18(23)19(24)11-16)21(28)14-32-13-15-5-8-17(9-6-15)27(30)31/h5-11,20H,3-4,12-14H2,1-2H3,(H,25,29). The van der Waals surface area contributed by atoms with Crippen molar-refractivity contribution in [1.29, 1.82) is 0 Å². The predicted octanol–water partition coefficient (Wildman–Crippen LogP) is 5.08. The maximum Gasteiger partial charge on any atom is 0.269 e. The van der Waals surface area contributed by atoms with E-state index in [-0.39, 0.29) is 29.8 Å². The van der Waals surface area contributed by atoms with Crippen LogP contribution in [0.2, 0.25) is 10.0 Å². The molecule has 32 heavy (non-hydrogen) atoms. The van der Waals surface area contributed by atoms with Gasteiger partial charge in [0.1, 0.15) is 6.04 Å². The van der Waals surface area contributed by atoms with Gasteiger partial charge in [0.15, 0.2) is 0 Å². The summed E-state index contributed by atoms with van der Waals surface area (Å²) in [4.78, 5) is 37.6. The maximum absolute atomic E-state index is 13.1. The third-order valence-corrected chi connectivity index (χ3v) is 6.44. The van der Waals surface area contributed by atoms with E-state index in [4.69, 9.17) is 23.2 Å². The number of non-ortho nitro benzene ring substituents is 1. The van der Waals surface area contributed by atoms with Crippen molar-refractivity contribution in [3.63, 3.8) is 0 Å². The number of nitro benzene ring substituents is 1. The van der Waals surface area contributed by atoms with Crippen molar-refractivity contribution in [1.82, 2.24) is 10.2 Å². The zero-order valence-corrected chi connectivity index (χ0v) is 20.2. The van der Waals surface area contributed by atoms with E-state index in [1.807, 2.05) is 13.8 Å². The Labute approximate surface area is 201 Å². The Morgan fingerprint density at radius 2 is 1.75 bits per heavy atom. The van der Waals surface area contributed by atoms with Gasteiger partial charge < -0.3 is 10.2 Å². The molecule has 10 heteroatoms. The van der Waals surface area contributed by atoms with Crippen molar-refractivity contribution in [2.24, 2.45) is 0 Å². The molecule has 0 bridgehead atoms. The van der Waals surface area contributed by atoms with Gasteiger partial charge in [-0.2, -0.15) is 0 Å².